The van der Waals surface area contributed by atoms with Gasteiger partial charge in [-0.05, 0) is 18.4 Å². The van der Waals surface area contributed by atoms with Crippen LogP contribution in [0.15, 0.2) is 30.3 Å². The largest absolute Gasteiger partial charge is 0.481 e. The van der Waals surface area contributed by atoms with E-state index in [9.17, 15) is 9.59 Å². The van der Waals surface area contributed by atoms with Gasteiger partial charge in [-0.3, -0.25) is 9.59 Å². The first-order valence-electron chi connectivity index (χ1n) is 6.37. The predicted molar refractivity (Wildman–Crippen MR) is 70.3 cm³/mol. The van der Waals surface area contributed by atoms with Crippen molar-refractivity contribution in [2.75, 3.05) is 6.54 Å². The number of rotatable bonds is 5. The number of carboxylic acid groups (broad SMARTS) is 1. The molecule has 4 N–H and O–H groups in total. The van der Waals surface area contributed by atoms with Gasteiger partial charge in [-0.1, -0.05) is 36.8 Å². The van der Waals surface area contributed by atoms with Gasteiger partial charge in [0.25, 0.3) is 0 Å². The monoisotopic (exact) mass is 262 g/mol. The van der Waals surface area contributed by atoms with E-state index in [-0.39, 0.29) is 12.5 Å². The first kappa shape index (κ1) is 13.5. The van der Waals surface area contributed by atoms with E-state index in [1.54, 1.807) is 12.1 Å². The minimum atomic E-state index is -0.840. The molecule has 1 amide bonds. The Hall–Kier alpha value is -1.88. The molecule has 2 rings (SSSR count). The fourth-order valence-electron chi connectivity index (χ4n) is 2.25. The number of hydrogen-bond acceptors (Lipinski definition) is 3. The topological polar surface area (TPSA) is 92.4 Å². The third-order valence-electron chi connectivity index (χ3n) is 3.81. The Morgan fingerprint density at radius 1 is 1.32 bits per heavy atom. The van der Waals surface area contributed by atoms with Crippen LogP contribution in [0.2, 0.25) is 0 Å². The molecule has 19 heavy (non-hydrogen) atoms. The number of carbonyl (C=O) groups is 2. The minimum absolute atomic E-state index is 0.154. The highest BCUT2D eigenvalue weighted by molar-refractivity contribution is 5.84. The number of hydrogen-bond donors (Lipinski definition) is 3. The Morgan fingerprint density at radius 3 is 2.42 bits per heavy atom. The Morgan fingerprint density at radius 2 is 1.95 bits per heavy atom. The first-order chi connectivity index (χ1) is 9.05. The van der Waals surface area contributed by atoms with Crippen molar-refractivity contribution in [3.05, 3.63) is 35.9 Å². The van der Waals surface area contributed by atoms with Crippen LogP contribution in [0, 0.1) is 5.41 Å². The molecule has 0 radical (unpaired) electrons. The summed E-state index contributed by atoms with van der Waals surface area (Å²) in [4.78, 5) is 23.1. The molecule has 1 aromatic carbocycles. The van der Waals surface area contributed by atoms with Gasteiger partial charge in [0.05, 0.1) is 5.41 Å². The zero-order valence-corrected chi connectivity index (χ0v) is 10.6. The molecule has 0 saturated heterocycles. The van der Waals surface area contributed by atoms with Gasteiger partial charge in [0.2, 0.25) is 5.91 Å². The Kier molecular flexibility index (Phi) is 3.85. The molecule has 1 aliphatic carbocycles. The summed E-state index contributed by atoms with van der Waals surface area (Å²) in [7, 11) is 0. The summed E-state index contributed by atoms with van der Waals surface area (Å²) in [5, 5.41) is 11.8. The second kappa shape index (κ2) is 5.40. The zero-order chi connectivity index (χ0) is 13.9. The molecule has 0 bridgehead atoms. The number of amides is 1. The van der Waals surface area contributed by atoms with Crippen LogP contribution in [0.4, 0.5) is 0 Å². The van der Waals surface area contributed by atoms with Gasteiger partial charge in [0.1, 0.15) is 6.04 Å². The summed E-state index contributed by atoms with van der Waals surface area (Å²) in [6, 6.07) is 8.27. The van der Waals surface area contributed by atoms with Crippen LogP contribution in [-0.4, -0.2) is 23.5 Å². The Bertz CT molecular complexity index is 469. The van der Waals surface area contributed by atoms with E-state index in [4.69, 9.17) is 10.8 Å². The van der Waals surface area contributed by atoms with E-state index in [1.807, 2.05) is 18.2 Å². The van der Waals surface area contributed by atoms with E-state index >= 15 is 0 Å². The summed E-state index contributed by atoms with van der Waals surface area (Å²) in [5.41, 5.74) is 5.78. The number of nitrogens with one attached hydrogen (secondary N) is 1. The highest BCUT2D eigenvalue weighted by Gasteiger charge is 2.44. The lowest BCUT2D eigenvalue weighted by atomic mass is 9.69. The maximum atomic E-state index is 11.9. The maximum absolute atomic E-state index is 11.9. The Balaban J connectivity index is 1.93. The molecule has 1 unspecified atom stereocenters. The summed E-state index contributed by atoms with van der Waals surface area (Å²) >= 11 is 0. The Labute approximate surface area is 111 Å². The number of carboxylic acids is 1. The van der Waals surface area contributed by atoms with Gasteiger partial charge in [-0.2, -0.15) is 0 Å². The quantitative estimate of drug-likeness (QED) is 0.739. The van der Waals surface area contributed by atoms with Crippen molar-refractivity contribution in [2.45, 2.75) is 25.3 Å². The molecule has 0 aromatic heterocycles. The molecule has 0 spiro atoms. The first-order valence-corrected chi connectivity index (χ1v) is 6.37. The minimum Gasteiger partial charge on any atom is -0.481 e. The summed E-state index contributed by atoms with van der Waals surface area (Å²) in [5.74, 6) is -1.17. The van der Waals surface area contributed by atoms with Gasteiger partial charge in [-0.15, -0.1) is 0 Å². The zero-order valence-electron chi connectivity index (χ0n) is 10.6. The van der Waals surface area contributed by atoms with Crippen LogP contribution in [0.25, 0.3) is 0 Å². The highest BCUT2D eigenvalue weighted by atomic mass is 16.4. The fourth-order valence-corrected chi connectivity index (χ4v) is 2.25. The van der Waals surface area contributed by atoms with Crippen LogP contribution in [0.5, 0.6) is 0 Å². The molecular formula is C14H18N2O3. The van der Waals surface area contributed by atoms with Crippen LogP contribution in [0.1, 0.15) is 30.9 Å². The van der Waals surface area contributed by atoms with Crippen molar-refractivity contribution >= 4 is 11.9 Å². The molecule has 1 atom stereocenters. The van der Waals surface area contributed by atoms with Gasteiger partial charge < -0.3 is 16.2 Å². The lowest BCUT2D eigenvalue weighted by Gasteiger charge is -2.37. The molecule has 5 heteroatoms. The van der Waals surface area contributed by atoms with Crippen LogP contribution in [0.3, 0.4) is 0 Å². The van der Waals surface area contributed by atoms with Crippen molar-refractivity contribution in [1.29, 1.82) is 0 Å². The number of carbonyl (C=O) groups excluding carboxylic acids is 1. The summed E-state index contributed by atoms with van der Waals surface area (Å²) in [6.45, 7) is 0.154. The predicted octanol–water partition coefficient (Wildman–Crippen LogP) is 1.06. The van der Waals surface area contributed by atoms with E-state index in [1.165, 1.54) is 0 Å². The fraction of sp³-hybridized carbons (Fsp3) is 0.429. The van der Waals surface area contributed by atoms with Gasteiger partial charge >= 0.3 is 5.97 Å². The highest BCUT2D eigenvalue weighted by Crippen LogP contribution is 2.40. The van der Waals surface area contributed by atoms with Gasteiger partial charge in [0, 0.05) is 6.54 Å². The molecule has 1 aromatic rings. The van der Waals surface area contributed by atoms with E-state index < -0.39 is 17.4 Å². The number of benzene rings is 1. The van der Waals surface area contributed by atoms with Crippen molar-refractivity contribution in [3.63, 3.8) is 0 Å². The lowest BCUT2D eigenvalue weighted by molar-refractivity contribution is -0.154. The van der Waals surface area contributed by atoms with E-state index in [0.717, 1.165) is 12.0 Å². The van der Waals surface area contributed by atoms with Crippen molar-refractivity contribution in [1.82, 2.24) is 5.32 Å². The smallest absolute Gasteiger partial charge is 0.311 e. The third-order valence-corrected chi connectivity index (χ3v) is 3.81. The molecule has 102 valence electrons. The van der Waals surface area contributed by atoms with Gasteiger partial charge in [0.15, 0.2) is 0 Å². The number of nitrogens with two attached hydrogens (primary N) is 1. The average molecular weight is 262 g/mol. The summed E-state index contributed by atoms with van der Waals surface area (Å²) < 4.78 is 0. The number of aliphatic carboxylic acids is 1. The lowest BCUT2D eigenvalue weighted by Crippen LogP contribution is -2.49. The second-order valence-corrected chi connectivity index (χ2v) is 5.05. The van der Waals surface area contributed by atoms with Gasteiger partial charge in [-0.25, -0.2) is 0 Å². The normalized spacial score (nSPS) is 18.2. The SMILES string of the molecule is NC(C(=O)NCC1(C(=O)O)CCC1)c1ccccc1. The molecular weight excluding hydrogens is 244 g/mol. The molecule has 1 fully saturated rings. The van der Waals surface area contributed by atoms with Crippen molar-refractivity contribution in [2.24, 2.45) is 11.1 Å². The van der Waals surface area contributed by atoms with Crippen molar-refractivity contribution < 1.29 is 14.7 Å². The van der Waals surface area contributed by atoms with Crippen LogP contribution >= 0.6 is 0 Å². The second-order valence-electron chi connectivity index (χ2n) is 5.05. The molecule has 1 saturated carbocycles. The van der Waals surface area contributed by atoms with Crippen molar-refractivity contribution in [3.8, 4) is 0 Å². The standard InChI is InChI=1S/C14H18N2O3/c15-11(10-5-2-1-3-6-10)12(17)16-9-14(13(18)19)7-4-8-14/h1-3,5-6,11H,4,7-9,15H2,(H,16,17)(H,18,19). The van der Waals surface area contributed by atoms with Crippen LogP contribution in [-0.2, 0) is 9.59 Å². The molecule has 0 heterocycles. The third kappa shape index (κ3) is 2.76. The van der Waals surface area contributed by atoms with Crippen LogP contribution < -0.4 is 11.1 Å². The van der Waals surface area contributed by atoms with E-state index in [2.05, 4.69) is 5.32 Å². The average Bonchev–Trinajstić information content (AvgIpc) is 2.37. The molecule has 0 aliphatic heterocycles. The summed E-state index contributed by atoms with van der Waals surface area (Å²) in [6.07, 6.45) is 2.12. The molecule has 5 nitrogen and oxygen atoms in total. The molecule has 1 aliphatic rings. The van der Waals surface area contributed by atoms with E-state index in [0.29, 0.717) is 12.8 Å². The maximum Gasteiger partial charge on any atom is 0.311 e.